The van der Waals surface area contributed by atoms with E-state index in [9.17, 15) is 0 Å². The maximum absolute atomic E-state index is 5.76. The molecule has 5 rings (SSSR count). The normalized spacial score (nSPS) is 23.9. The number of hydrogen-bond donors (Lipinski definition) is 2. The van der Waals surface area contributed by atoms with E-state index in [-0.39, 0.29) is 5.41 Å². The summed E-state index contributed by atoms with van der Waals surface area (Å²) < 4.78 is 11.3. The minimum absolute atomic E-state index is 0.00695. The molecule has 8 nitrogen and oxygen atoms in total. The van der Waals surface area contributed by atoms with E-state index >= 15 is 0 Å². The Kier molecular flexibility index (Phi) is 8.42. The fourth-order valence-electron chi connectivity index (χ4n) is 5.96. The number of nitrogens with zero attached hydrogens (tertiary/aromatic N) is 4. The lowest BCUT2D eigenvalue weighted by Crippen LogP contribution is -2.45. The van der Waals surface area contributed by atoms with Gasteiger partial charge in [0.15, 0.2) is 5.11 Å². The first-order valence-electron chi connectivity index (χ1n) is 13.7. The molecule has 0 amide bonds. The highest BCUT2D eigenvalue weighted by molar-refractivity contribution is 7.80. The molecule has 0 unspecified atom stereocenters. The smallest absolute Gasteiger partial charge is 0.232 e. The molecule has 0 spiro atoms. The lowest BCUT2D eigenvalue weighted by molar-refractivity contribution is 0.0515. The van der Waals surface area contributed by atoms with Gasteiger partial charge in [0.05, 0.1) is 13.2 Å². The highest BCUT2D eigenvalue weighted by Gasteiger charge is 2.34. The minimum Gasteiger partial charge on any atom is -0.381 e. The van der Waals surface area contributed by atoms with Gasteiger partial charge in [-0.25, -0.2) is 0 Å². The van der Waals surface area contributed by atoms with E-state index in [4.69, 9.17) is 31.7 Å². The van der Waals surface area contributed by atoms with E-state index in [1.54, 1.807) is 0 Å². The van der Waals surface area contributed by atoms with Crippen molar-refractivity contribution >= 4 is 34.9 Å². The molecule has 37 heavy (non-hydrogen) atoms. The van der Waals surface area contributed by atoms with E-state index < -0.39 is 0 Å². The number of benzene rings is 1. The van der Waals surface area contributed by atoms with Crippen LogP contribution in [-0.2, 0) is 14.9 Å². The van der Waals surface area contributed by atoms with Gasteiger partial charge in [0.25, 0.3) is 0 Å². The number of nitrogens with one attached hydrogen (secondary N) is 2. The quantitative estimate of drug-likeness (QED) is 0.549. The predicted molar refractivity (Wildman–Crippen MR) is 153 cm³/mol. The van der Waals surface area contributed by atoms with Crippen molar-refractivity contribution in [3.05, 3.63) is 42.0 Å². The van der Waals surface area contributed by atoms with Crippen molar-refractivity contribution in [1.29, 1.82) is 0 Å². The van der Waals surface area contributed by atoms with Crippen LogP contribution in [0.15, 0.2) is 36.4 Å². The molecule has 2 aromatic rings. The zero-order chi connectivity index (χ0) is 25.7. The molecule has 4 heterocycles. The number of morpholine rings is 1. The van der Waals surface area contributed by atoms with Crippen molar-refractivity contribution in [2.45, 2.75) is 38.5 Å². The molecule has 0 radical (unpaired) electrons. The summed E-state index contributed by atoms with van der Waals surface area (Å²) in [5.74, 6) is 3.71. The first-order valence-corrected chi connectivity index (χ1v) is 14.1. The number of ether oxygens (including phenoxy) is 2. The average Bonchev–Trinajstić information content (AvgIpc) is 2.93. The van der Waals surface area contributed by atoms with Crippen LogP contribution in [0, 0.1) is 11.8 Å². The number of anilines is 3. The summed E-state index contributed by atoms with van der Waals surface area (Å²) in [6, 6.07) is 12.8. The van der Waals surface area contributed by atoms with Gasteiger partial charge >= 0.3 is 0 Å². The number of rotatable bonds is 6. The molecule has 3 saturated heterocycles. The summed E-state index contributed by atoms with van der Waals surface area (Å²) in [5, 5.41) is 7.35. The molecular formula is C28H40N6O2S. The Morgan fingerprint density at radius 1 is 0.946 bits per heavy atom. The molecule has 2 N–H and O–H groups in total. The molecule has 2 atom stereocenters. The Morgan fingerprint density at radius 3 is 2.24 bits per heavy atom. The highest BCUT2D eigenvalue weighted by atomic mass is 32.1. The maximum Gasteiger partial charge on any atom is 0.232 e. The second-order valence-electron chi connectivity index (χ2n) is 10.9. The Labute approximate surface area is 226 Å². The Morgan fingerprint density at radius 2 is 1.57 bits per heavy atom. The van der Waals surface area contributed by atoms with Crippen LogP contribution in [0.1, 0.15) is 38.7 Å². The van der Waals surface area contributed by atoms with Crippen LogP contribution in [0.25, 0.3) is 0 Å². The molecule has 200 valence electrons. The zero-order valence-corrected chi connectivity index (χ0v) is 22.9. The topological polar surface area (TPSA) is 74.8 Å². The van der Waals surface area contributed by atoms with E-state index in [1.165, 1.54) is 12.0 Å². The standard InChI is InChI=1S/C28H40N6O2S/c1-21-16-22(2)19-34(18-21)25-17-24(33-10-14-36-15-11-33)30-26(31-25)32-27(37)29-20-28(8-12-35-13-9-28)23-6-4-3-5-7-23/h3-7,17,21-22H,8-16,18-20H2,1-2H3,(H2,29,30,31,32,37)/t21-,22-/m1/s1. The summed E-state index contributed by atoms with van der Waals surface area (Å²) in [4.78, 5) is 14.5. The van der Waals surface area contributed by atoms with Crippen LogP contribution >= 0.6 is 12.2 Å². The fraction of sp³-hybridized carbons (Fsp3) is 0.607. The van der Waals surface area contributed by atoms with Crippen LogP contribution in [-0.4, -0.2) is 74.2 Å². The number of hydrogen-bond acceptors (Lipinski definition) is 7. The van der Waals surface area contributed by atoms with Crippen LogP contribution in [0.4, 0.5) is 17.6 Å². The van der Waals surface area contributed by atoms with Gasteiger partial charge in [-0.1, -0.05) is 44.2 Å². The highest BCUT2D eigenvalue weighted by Crippen LogP contribution is 2.34. The molecule has 3 aliphatic rings. The second kappa shape index (κ2) is 11.9. The van der Waals surface area contributed by atoms with Gasteiger partial charge < -0.3 is 29.9 Å². The summed E-state index contributed by atoms with van der Waals surface area (Å²) in [7, 11) is 0. The van der Waals surface area contributed by atoms with Gasteiger partial charge in [-0.15, -0.1) is 0 Å². The SMILES string of the molecule is C[C@@H]1C[C@@H](C)CN(c2cc(N3CCOCC3)nc(NC(=S)NCC3(c4ccccc4)CCOCC3)n2)C1. The van der Waals surface area contributed by atoms with Crippen molar-refractivity contribution in [1.82, 2.24) is 15.3 Å². The Bertz CT molecular complexity index is 1030. The van der Waals surface area contributed by atoms with Crippen molar-refractivity contribution in [2.24, 2.45) is 11.8 Å². The van der Waals surface area contributed by atoms with Crippen LogP contribution in [0.2, 0.25) is 0 Å². The van der Waals surface area contributed by atoms with Gasteiger partial charge in [0.1, 0.15) is 11.6 Å². The minimum atomic E-state index is -0.00695. The molecule has 1 aromatic carbocycles. The van der Waals surface area contributed by atoms with E-state index in [0.29, 0.717) is 36.1 Å². The maximum atomic E-state index is 5.76. The van der Waals surface area contributed by atoms with Gasteiger partial charge in [-0.2, -0.15) is 9.97 Å². The third-order valence-electron chi connectivity index (χ3n) is 7.88. The lowest BCUT2D eigenvalue weighted by atomic mass is 9.74. The first kappa shape index (κ1) is 26.1. The van der Waals surface area contributed by atoms with Crippen molar-refractivity contribution < 1.29 is 9.47 Å². The molecule has 3 fully saturated rings. The largest absolute Gasteiger partial charge is 0.381 e. The average molecular weight is 525 g/mol. The Balaban J connectivity index is 1.33. The van der Waals surface area contributed by atoms with Crippen molar-refractivity contribution in [3.63, 3.8) is 0 Å². The monoisotopic (exact) mass is 524 g/mol. The van der Waals surface area contributed by atoms with Gasteiger partial charge in [-0.3, -0.25) is 0 Å². The molecule has 9 heteroatoms. The van der Waals surface area contributed by atoms with Crippen LogP contribution < -0.4 is 20.4 Å². The van der Waals surface area contributed by atoms with E-state index in [0.717, 1.165) is 70.4 Å². The molecule has 0 saturated carbocycles. The number of piperidine rings is 1. The summed E-state index contributed by atoms with van der Waals surface area (Å²) in [5.41, 5.74) is 1.32. The first-order chi connectivity index (χ1) is 18.0. The molecule has 0 aliphatic carbocycles. The third kappa shape index (κ3) is 6.51. The summed E-state index contributed by atoms with van der Waals surface area (Å²) in [6.45, 7) is 12.0. The molecule has 1 aromatic heterocycles. The van der Waals surface area contributed by atoms with Crippen molar-refractivity contribution in [3.8, 4) is 0 Å². The van der Waals surface area contributed by atoms with Gasteiger partial charge in [0.2, 0.25) is 5.95 Å². The third-order valence-corrected chi connectivity index (χ3v) is 8.12. The molecule has 0 bridgehead atoms. The van der Waals surface area contributed by atoms with E-state index in [2.05, 4.69) is 70.7 Å². The van der Waals surface area contributed by atoms with E-state index in [1.807, 2.05) is 0 Å². The summed E-state index contributed by atoms with van der Waals surface area (Å²) in [6.07, 6.45) is 3.18. The zero-order valence-electron chi connectivity index (χ0n) is 22.1. The van der Waals surface area contributed by atoms with Crippen LogP contribution in [0.5, 0.6) is 0 Å². The lowest BCUT2D eigenvalue weighted by Gasteiger charge is -2.38. The predicted octanol–water partition coefficient (Wildman–Crippen LogP) is 3.83. The number of thiocarbonyl (C=S) groups is 1. The summed E-state index contributed by atoms with van der Waals surface area (Å²) >= 11 is 5.76. The molecular weight excluding hydrogens is 484 g/mol. The molecule has 3 aliphatic heterocycles. The van der Waals surface area contributed by atoms with Gasteiger partial charge in [0, 0.05) is 57.4 Å². The van der Waals surface area contributed by atoms with Gasteiger partial charge in [-0.05, 0) is 48.9 Å². The van der Waals surface area contributed by atoms with Crippen molar-refractivity contribution in [2.75, 3.05) is 74.3 Å². The second-order valence-corrected chi connectivity index (χ2v) is 11.3. The Hall–Kier alpha value is -2.49. The van der Waals surface area contributed by atoms with Crippen LogP contribution in [0.3, 0.4) is 0 Å². The fourth-order valence-corrected chi connectivity index (χ4v) is 6.12. The number of aromatic nitrogens is 2.